The Morgan fingerprint density at radius 1 is 1.15 bits per heavy atom. The molecule has 6 N–H and O–H groups in total. The number of nitrogens with one attached hydrogen (secondary N) is 5. The molecule has 0 aliphatic heterocycles. The molecule has 12 nitrogen and oxygen atoms in total. The lowest BCUT2D eigenvalue weighted by molar-refractivity contribution is -0.136. The summed E-state index contributed by atoms with van der Waals surface area (Å²) in [5, 5.41) is 25.3. The molecule has 0 spiro atoms. The number of aromatic nitrogens is 3. The van der Waals surface area contributed by atoms with Crippen molar-refractivity contribution in [2.75, 3.05) is 0 Å². The number of carboxylic acid groups (broad SMARTS) is 1. The molecule has 2 aromatic heterocycles. The number of halogens is 2. The maximum Gasteiger partial charge on any atom is 0.434 e. The Labute approximate surface area is 245 Å². The van der Waals surface area contributed by atoms with Gasteiger partial charge in [0, 0.05) is 22.5 Å². The van der Waals surface area contributed by atoms with Crippen LogP contribution in [0.25, 0.3) is 10.9 Å². The van der Waals surface area contributed by atoms with E-state index in [0.29, 0.717) is 34.8 Å². The normalized spacial score (nSPS) is 19.6. The lowest BCUT2D eigenvalue weighted by atomic mass is 9.78. The van der Waals surface area contributed by atoms with Gasteiger partial charge in [-0.25, -0.2) is 14.7 Å². The molecule has 14 heteroatoms. The zero-order valence-electron chi connectivity index (χ0n) is 23.2. The van der Waals surface area contributed by atoms with Gasteiger partial charge >= 0.3 is 11.8 Å². The molecule has 2 heterocycles. The molecule has 0 saturated carbocycles. The summed E-state index contributed by atoms with van der Waals surface area (Å²) in [6, 6.07) is 1.51. The molecule has 0 saturated heterocycles. The fraction of sp³-hybridized carbons (Fsp3) is 0.519. The van der Waals surface area contributed by atoms with Crippen molar-refractivity contribution in [2.45, 2.75) is 77.4 Å². The number of benzene rings is 1. The van der Waals surface area contributed by atoms with Crippen LogP contribution in [0.1, 0.15) is 70.1 Å². The van der Waals surface area contributed by atoms with Crippen molar-refractivity contribution in [3.8, 4) is 0 Å². The van der Waals surface area contributed by atoms with E-state index in [1.54, 1.807) is 19.1 Å². The van der Waals surface area contributed by atoms with Gasteiger partial charge in [0.25, 0.3) is 0 Å². The van der Waals surface area contributed by atoms with Crippen LogP contribution in [0.5, 0.6) is 0 Å². The van der Waals surface area contributed by atoms with Crippen LogP contribution in [0.15, 0.2) is 21.3 Å². The number of amides is 3. The molecule has 1 aliphatic carbocycles. The largest absolute Gasteiger partial charge is 0.465 e. The molecule has 41 heavy (non-hydrogen) atoms. The van der Waals surface area contributed by atoms with Crippen LogP contribution in [0, 0.1) is 11.8 Å². The number of rotatable bonds is 10. The first-order valence-corrected chi connectivity index (χ1v) is 14.3. The number of carbonyl (C=O) groups is 3. The molecule has 1 aliphatic rings. The van der Waals surface area contributed by atoms with Gasteiger partial charge in [0.2, 0.25) is 17.7 Å². The lowest BCUT2D eigenvalue weighted by Crippen LogP contribution is -2.65. The van der Waals surface area contributed by atoms with E-state index in [4.69, 9.17) is 27.6 Å². The van der Waals surface area contributed by atoms with Crippen molar-refractivity contribution >= 4 is 52.0 Å². The molecule has 4 rings (SSSR count). The van der Waals surface area contributed by atoms with E-state index in [2.05, 4.69) is 31.1 Å². The van der Waals surface area contributed by atoms with Gasteiger partial charge in [-0.2, -0.15) is 0 Å². The third kappa shape index (κ3) is 6.23. The van der Waals surface area contributed by atoms with E-state index in [-0.39, 0.29) is 30.6 Å². The van der Waals surface area contributed by atoms with E-state index in [9.17, 15) is 24.3 Å². The first-order valence-electron chi connectivity index (χ1n) is 13.5. The van der Waals surface area contributed by atoms with E-state index in [1.807, 2.05) is 20.8 Å². The van der Waals surface area contributed by atoms with Gasteiger partial charge in [-0.3, -0.25) is 9.59 Å². The summed E-state index contributed by atoms with van der Waals surface area (Å²) < 4.78 is 5.19. The second-order valence-electron chi connectivity index (χ2n) is 10.7. The molecule has 3 aromatic rings. The van der Waals surface area contributed by atoms with Gasteiger partial charge in [0.1, 0.15) is 17.6 Å². The van der Waals surface area contributed by atoms with Crippen molar-refractivity contribution in [3.63, 3.8) is 0 Å². The highest BCUT2D eigenvalue weighted by molar-refractivity contribution is 6.38. The molecular formula is C27H34Cl2N6O6. The predicted octanol–water partition coefficient (Wildman–Crippen LogP) is 4.08. The number of fused-ring (bicyclic) bond motifs is 3. The fourth-order valence-corrected chi connectivity index (χ4v) is 5.85. The van der Waals surface area contributed by atoms with Crippen LogP contribution in [0.3, 0.4) is 0 Å². The Kier molecular flexibility index (Phi) is 9.03. The van der Waals surface area contributed by atoms with Crippen LogP contribution in [0.4, 0.5) is 4.79 Å². The minimum Gasteiger partial charge on any atom is -0.465 e. The van der Waals surface area contributed by atoms with Crippen LogP contribution < -0.4 is 21.7 Å². The summed E-state index contributed by atoms with van der Waals surface area (Å²) in [7, 11) is 0. The summed E-state index contributed by atoms with van der Waals surface area (Å²) in [5.74, 6) is -2.40. The molecule has 0 radical (unpaired) electrons. The Morgan fingerprint density at radius 2 is 1.85 bits per heavy atom. The maximum absolute atomic E-state index is 14.3. The Hall–Kier alpha value is -3.51. The number of hydrogen-bond donors (Lipinski definition) is 6. The zero-order chi connectivity index (χ0) is 30.1. The minimum absolute atomic E-state index is 0.0198. The predicted molar refractivity (Wildman–Crippen MR) is 153 cm³/mol. The third-order valence-electron chi connectivity index (χ3n) is 8.09. The summed E-state index contributed by atoms with van der Waals surface area (Å²) in [4.78, 5) is 54.5. The van der Waals surface area contributed by atoms with E-state index in [1.165, 1.54) is 0 Å². The number of aromatic amines is 2. The van der Waals surface area contributed by atoms with Gasteiger partial charge in [0.15, 0.2) is 0 Å². The highest BCUT2D eigenvalue weighted by atomic mass is 35.5. The van der Waals surface area contributed by atoms with Gasteiger partial charge < -0.3 is 30.5 Å². The van der Waals surface area contributed by atoms with Crippen molar-refractivity contribution in [1.82, 2.24) is 31.1 Å². The van der Waals surface area contributed by atoms with E-state index in [0.717, 1.165) is 16.6 Å². The van der Waals surface area contributed by atoms with Crippen LogP contribution in [-0.2, 0) is 22.4 Å². The van der Waals surface area contributed by atoms with Gasteiger partial charge in [-0.15, -0.1) is 5.10 Å². The Balaban J connectivity index is 1.78. The molecule has 3 amide bonds. The van der Waals surface area contributed by atoms with Crippen molar-refractivity contribution in [3.05, 3.63) is 49.9 Å². The molecule has 222 valence electrons. The van der Waals surface area contributed by atoms with Crippen molar-refractivity contribution in [1.29, 1.82) is 0 Å². The number of carbonyl (C=O) groups excluding carboxylic acids is 2. The monoisotopic (exact) mass is 608 g/mol. The highest BCUT2D eigenvalue weighted by Gasteiger charge is 2.47. The van der Waals surface area contributed by atoms with Crippen LogP contribution in [0.2, 0.25) is 10.0 Å². The Bertz CT molecular complexity index is 1520. The number of H-pyrrole nitrogens is 2. The van der Waals surface area contributed by atoms with Gasteiger partial charge in [-0.1, -0.05) is 63.7 Å². The highest BCUT2D eigenvalue weighted by Crippen LogP contribution is 2.39. The molecule has 1 aromatic carbocycles. The first-order chi connectivity index (χ1) is 19.4. The summed E-state index contributed by atoms with van der Waals surface area (Å²) in [5.41, 5.74) is 0.816. The number of aryl methyl sites for hydroxylation is 1. The molecule has 0 fully saturated rings. The van der Waals surface area contributed by atoms with E-state index < -0.39 is 41.3 Å². The van der Waals surface area contributed by atoms with Crippen molar-refractivity contribution in [2.24, 2.45) is 11.8 Å². The van der Waals surface area contributed by atoms with Gasteiger partial charge in [0.05, 0.1) is 10.5 Å². The quantitative estimate of drug-likeness (QED) is 0.200. The van der Waals surface area contributed by atoms with Crippen LogP contribution >= 0.6 is 23.2 Å². The van der Waals surface area contributed by atoms with Crippen molar-refractivity contribution < 1.29 is 23.9 Å². The molecule has 5 atom stereocenters. The first kappa shape index (κ1) is 30.4. The second-order valence-corrected chi connectivity index (χ2v) is 11.6. The lowest BCUT2D eigenvalue weighted by Gasteiger charge is -2.39. The van der Waals surface area contributed by atoms with Crippen LogP contribution in [-0.4, -0.2) is 49.8 Å². The SMILES string of the molecule is CCC(C)[C@H](NC(=O)O)C(=O)N[C@@]1(C(=O)N[C@H](c2n[nH]c(=O)o2)C(C)CC)CCc2[nH]c3c(Cl)cc(Cl)cc3c2C1. The second kappa shape index (κ2) is 12.2. The molecular weight excluding hydrogens is 575 g/mol. The molecule has 2 unspecified atom stereocenters. The van der Waals surface area contributed by atoms with E-state index >= 15 is 0 Å². The summed E-state index contributed by atoms with van der Waals surface area (Å²) in [6.45, 7) is 7.40. The smallest absolute Gasteiger partial charge is 0.434 e. The maximum atomic E-state index is 14.3. The summed E-state index contributed by atoms with van der Waals surface area (Å²) in [6.07, 6.45) is 0.472. The average Bonchev–Trinajstić information content (AvgIpc) is 3.52. The topological polar surface area (TPSA) is 182 Å². The van der Waals surface area contributed by atoms with Gasteiger partial charge in [-0.05, 0) is 42.4 Å². The number of nitrogens with zero attached hydrogens (tertiary/aromatic N) is 1. The molecule has 0 bridgehead atoms. The number of hydrogen-bond acceptors (Lipinski definition) is 6. The Morgan fingerprint density at radius 3 is 2.46 bits per heavy atom. The summed E-state index contributed by atoms with van der Waals surface area (Å²) >= 11 is 12.8. The standard InChI is InChI=1S/C27H34Cl2N6O6/c1-5-12(3)19(32-25(38)39)22(36)33-27(24(37)31-20(13(4)6-2)23-34-35-26(40)41-23)8-7-18-16(11-27)15-9-14(28)10-17(29)21(15)30-18/h9-10,12-13,19-20,30,32H,5-8,11H2,1-4H3,(H,31,37)(H,33,36)(H,35,40)(H,38,39)/t12?,13?,19-,20-,27-/m0/s1. The average molecular weight is 610 g/mol. The zero-order valence-corrected chi connectivity index (χ0v) is 24.7. The third-order valence-corrected chi connectivity index (χ3v) is 8.61. The minimum atomic E-state index is -1.48. The fourth-order valence-electron chi connectivity index (χ4n) is 5.31.